The van der Waals surface area contributed by atoms with Crippen molar-refractivity contribution >= 4 is 5.91 Å². The molecule has 1 aromatic rings. The second-order valence-electron chi connectivity index (χ2n) is 5.48. The molecular formula is C16H24N2O2. The van der Waals surface area contributed by atoms with E-state index in [1.165, 1.54) is 12.0 Å². The molecule has 0 radical (unpaired) electrons. The summed E-state index contributed by atoms with van der Waals surface area (Å²) in [6.45, 7) is 4.23. The van der Waals surface area contributed by atoms with Gasteiger partial charge in [0.1, 0.15) is 12.4 Å². The quantitative estimate of drug-likeness (QED) is 0.864. The van der Waals surface area contributed by atoms with Crippen molar-refractivity contribution in [2.45, 2.75) is 32.2 Å². The van der Waals surface area contributed by atoms with Crippen molar-refractivity contribution in [1.29, 1.82) is 0 Å². The van der Waals surface area contributed by atoms with E-state index in [0.717, 1.165) is 18.7 Å². The van der Waals surface area contributed by atoms with E-state index in [0.29, 0.717) is 25.6 Å². The molecule has 1 aromatic carbocycles. The lowest BCUT2D eigenvalue weighted by Crippen LogP contribution is -2.35. The molecule has 0 saturated carbocycles. The first-order chi connectivity index (χ1) is 9.65. The minimum Gasteiger partial charge on any atom is -0.492 e. The predicted octanol–water partition coefficient (Wildman–Crippen LogP) is 1.97. The second kappa shape index (κ2) is 7.29. The van der Waals surface area contributed by atoms with Gasteiger partial charge in [-0.1, -0.05) is 12.1 Å². The highest BCUT2D eigenvalue weighted by atomic mass is 16.5. The maximum atomic E-state index is 12.0. The Morgan fingerprint density at radius 3 is 3.05 bits per heavy atom. The summed E-state index contributed by atoms with van der Waals surface area (Å²) in [5.41, 5.74) is 1.18. The lowest BCUT2D eigenvalue weighted by molar-refractivity contribution is -0.130. The van der Waals surface area contributed by atoms with E-state index in [1.54, 1.807) is 4.90 Å². The number of rotatable bonds is 6. The first-order valence-corrected chi connectivity index (χ1v) is 7.32. The Hall–Kier alpha value is -1.55. The highest BCUT2D eigenvalue weighted by Crippen LogP contribution is 2.12. The van der Waals surface area contributed by atoms with Gasteiger partial charge in [-0.2, -0.15) is 0 Å². The molecule has 0 spiro atoms. The number of hydrogen-bond donors (Lipinski definition) is 1. The van der Waals surface area contributed by atoms with Gasteiger partial charge in [0, 0.05) is 19.5 Å². The van der Waals surface area contributed by atoms with Gasteiger partial charge in [-0.3, -0.25) is 4.79 Å². The van der Waals surface area contributed by atoms with Crippen LogP contribution < -0.4 is 10.1 Å². The van der Waals surface area contributed by atoms with Crippen molar-refractivity contribution in [1.82, 2.24) is 10.2 Å². The Kier molecular flexibility index (Phi) is 5.41. The molecule has 0 bridgehead atoms. The average molecular weight is 276 g/mol. The zero-order valence-electron chi connectivity index (χ0n) is 12.4. The van der Waals surface area contributed by atoms with E-state index in [9.17, 15) is 4.79 Å². The van der Waals surface area contributed by atoms with Crippen LogP contribution in [-0.4, -0.2) is 43.6 Å². The van der Waals surface area contributed by atoms with Gasteiger partial charge in [0.15, 0.2) is 0 Å². The summed E-state index contributed by atoms with van der Waals surface area (Å²) < 4.78 is 5.67. The minimum absolute atomic E-state index is 0.192. The Labute approximate surface area is 121 Å². The molecule has 1 saturated heterocycles. The molecule has 1 aliphatic heterocycles. The van der Waals surface area contributed by atoms with Crippen molar-refractivity contribution in [2.75, 3.05) is 26.7 Å². The monoisotopic (exact) mass is 276 g/mol. The van der Waals surface area contributed by atoms with Crippen LogP contribution in [0.1, 0.15) is 24.8 Å². The van der Waals surface area contributed by atoms with Gasteiger partial charge < -0.3 is 15.0 Å². The lowest BCUT2D eigenvalue weighted by atomic mass is 10.1. The normalized spacial score (nSPS) is 18.0. The molecule has 2 rings (SSSR count). The molecule has 4 heteroatoms. The summed E-state index contributed by atoms with van der Waals surface area (Å²) in [5.74, 6) is 1.06. The van der Waals surface area contributed by atoms with E-state index in [-0.39, 0.29) is 5.91 Å². The third kappa shape index (κ3) is 4.53. The zero-order valence-corrected chi connectivity index (χ0v) is 12.4. The van der Waals surface area contributed by atoms with Crippen LogP contribution in [0.5, 0.6) is 5.75 Å². The molecule has 20 heavy (non-hydrogen) atoms. The number of likely N-dealkylation sites (N-methyl/N-ethyl adjacent to an activating group) is 1. The van der Waals surface area contributed by atoms with Crippen LogP contribution in [0.15, 0.2) is 24.3 Å². The third-order valence-corrected chi connectivity index (χ3v) is 3.69. The first-order valence-electron chi connectivity index (χ1n) is 7.32. The molecule has 0 aliphatic carbocycles. The van der Waals surface area contributed by atoms with Crippen molar-refractivity contribution in [3.8, 4) is 5.75 Å². The van der Waals surface area contributed by atoms with Gasteiger partial charge in [0.2, 0.25) is 5.91 Å². The van der Waals surface area contributed by atoms with Crippen molar-refractivity contribution in [3.05, 3.63) is 29.8 Å². The number of amides is 1. The number of nitrogens with zero attached hydrogens (tertiary/aromatic N) is 1. The van der Waals surface area contributed by atoms with E-state index < -0.39 is 0 Å². The number of carbonyl (C=O) groups is 1. The van der Waals surface area contributed by atoms with Crippen molar-refractivity contribution in [2.24, 2.45) is 0 Å². The molecule has 1 fully saturated rings. The summed E-state index contributed by atoms with van der Waals surface area (Å²) in [4.78, 5) is 13.8. The minimum atomic E-state index is 0.192. The standard InChI is InChI=1S/C16H24N2O2/c1-13-5-3-7-15(11-13)20-10-9-18(2)16(19)12-14-6-4-8-17-14/h3,5,7,11,14,17H,4,6,8-10,12H2,1-2H3. The van der Waals surface area contributed by atoms with Gasteiger partial charge >= 0.3 is 0 Å². The number of benzene rings is 1. The smallest absolute Gasteiger partial charge is 0.223 e. The van der Waals surface area contributed by atoms with Gasteiger partial charge in [0.05, 0.1) is 6.54 Å². The van der Waals surface area contributed by atoms with E-state index in [4.69, 9.17) is 4.74 Å². The Morgan fingerprint density at radius 1 is 1.50 bits per heavy atom. The molecule has 1 heterocycles. The molecule has 1 unspecified atom stereocenters. The highest BCUT2D eigenvalue weighted by Gasteiger charge is 2.19. The number of carbonyl (C=O) groups excluding carboxylic acids is 1. The van der Waals surface area contributed by atoms with Crippen molar-refractivity contribution in [3.63, 3.8) is 0 Å². The molecule has 110 valence electrons. The molecule has 0 aromatic heterocycles. The third-order valence-electron chi connectivity index (χ3n) is 3.69. The van der Waals surface area contributed by atoms with E-state index in [1.807, 2.05) is 38.2 Å². The van der Waals surface area contributed by atoms with Crippen LogP contribution in [0.3, 0.4) is 0 Å². The summed E-state index contributed by atoms with van der Waals surface area (Å²) in [6, 6.07) is 8.33. The van der Waals surface area contributed by atoms with Gasteiger partial charge in [0.25, 0.3) is 0 Å². The zero-order chi connectivity index (χ0) is 14.4. The maximum Gasteiger partial charge on any atom is 0.223 e. The van der Waals surface area contributed by atoms with Gasteiger partial charge in [-0.15, -0.1) is 0 Å². The molecule has 1 aliphatic rings. The summed E-state index contributed by atoms with van der Waals surface area (Å²) >= 11 is 0. The van der Waals surface area contributed by atoms with Crippen molar-refractivity contribution < 1.29 is 9.53 Å². The summed E-state index contributed by atoms with van der Waals surface area (Å²) in [6.07, 6.45) is 2.89. The SMILES string of the molecule is Cc1cccc(OCCN(C)C(=O)CC2CCCN2)c1. The van der Waals surface area contributed by atoms with E-state index in [2.05, 4.69) is 5.32 Å². The second-order valence-corrected chi connectivity index (χ2v) is 5.48. The highest BCUT2D eigenvalue weighted by molar-refractivity contribution is 5.76. The molecule has 1 amide bonds. The lowest BCUT2D eigenvalue weighted by Gasteiger charge is -2.19. The van der Waals surface area contributed by atoms with Crippen LogP contribution in [0.25, 0.3) is 0 Å². The molecule has 1 atom stereocenters. The fourth-order valence-electron chi connectivity index (χ4n) is 2.43. The number of ether oxygens (including phenoxy) is 1. The topological polar surface area (TPSA) is 41.6 Å². The number of hydrogen-bond acceptors (Lipinski definition) is 3. The van der Waals surface area contributed by atoms with Crippen LogP contribution in [0, 0.1) is 6.92 Å². The fraction of sp³-hybridized carbons (Fsp3) is 0.562. The Bertz CT molecular complexity index is 442. The largest absolute Gasteiger partial charge is 0.492 e. The van der Waals surface area contributed by atoms with Gasteiger partial charge in [-0.05, 0) is 44.0 Å². The van der Waals surface area contributed by atoms with Crippen LogP contribution in [-0.2, 0) is 4.79 Å². The van der Waals surface area contributed by atoms with E-state index >= 15 is 0 Å². The van der Waals surface area contributed by atoms with Crippen LogP contribution in [0.2, 0.25) is 0 Å². The first kappa shape index (κ1) is 14.9. The molecule has 4 nitrogen and oxygen atoms in total. The predicted molar refractivity (Wildman–Crippen MR) is 80.0 cm³/mol. The Morgan fingerprint density at radius 2 is 2.35 bits per heavy atom. The fourth-order valence-corrected chi connectivity index (χ4v) is 2.43. The molecular weight excluding hydrogens is 252 g/mol. The average Bonchev–Trinajstić information content (AvgIpc) is 2.91. The summed E-state index contributed by atoms with van der Waals surface area (Å²) in [7, 11) is 1.84. The van der Waals surface area contributed by atoms with Crippen LogP contribution in [0.4, 0.5) is 0 Å². The molecule has 1 N–H and O–H groups in total. The Balaban J connectivity index is 1.68. The number of nitrogens with one attached hydrogen (secondary N) is 1. The number of aryl methyl sites for hydroxylation is 1. The van der Waals surface area contributed by atoms with Crippen LogP contribution >= 0.6 is 0 Å². The van der Waals surface area contributed by atoms with Gasteiger partial charge in [-0.25, -0.2) is 0 Å². The maximum absolute atomic E-state index is 12.0. The summed E-state index contributed by atoms with van der Waals surface area (Å²) in [5, 5.41) is 3.35.